The van der Waals surface area contributed by atoms with Crippen LogP contribution < -0.4 is 31.1 Å². The van der Waals surface area contributed by atoms with Crippen molar-refractivity contribution in [1.29, 1.82) is 0 Å². The summed E-state index contributed by atoms with van der Waals surface area (Å²) in [5.41, 5.74) is 22.2. The zero-order chi connectivity index (χ0) is 53.1. The van der Waals surface area contributed by atoms with Crippen LogP contribution in [0.25, 0.3) is 66.8 Å². The molecule has 0 aliphatic carbocycles. The average Bonchev–Trinajstić information content (AvgIpc) is 3.37. The first-order valence-electron chi connectivity index (χ1n) is 26.6. The molecule has 374 valence electrons. The van der Waals surface area contributed by atoms with Crippen LogP contribution >= 0.6 is 0 Å². The summed E-state index contributed by atoms with van der Waals surface area (Å²) in [5.74, 6) is 0. The molecule has 0 spiro atoms. The fourth-order valence-electron chi connectivity index (χ4n) is 10.9. The summed E-state index contributed by atoms with van der Waals surface area (Å²) in [6.07, 6.45) is 0. The molecule has 0 saturated carbocycles. The van der Waals surface area contributed by atoms with Crippen molar-refractivity contribution in [3.63, 3.8) is 0 Å². The molecule has 9 aromatic rings. The van der Waals surface area contributed by atoms with E-state index in [0.717, 1.165) is 32.3 Å². The molecule has 0 unspecified atom stereocenters. The number of aryl methyl sites for hydroxylation is 6. The van der Waals surface area contributed by atoms with Gasteiger partial charge in [0, 0.05) is 0 Å². The number of hydrogen-bond acceptors (Lipinski definition) is 1. The van der Waals surface area contributed by atoms with E-state index < -0.39 is 32.5 Å². The molecule has 5 heteroatoms. The van der Waals surface area contributed by atoms with Gasteiger partial charge < -0.3 is 4.80 Å². The maximum atomic E-state index is 13.6. The fourth-order valence-corrected chi connectivity index (χ4v) is 17.4. The Bertz CT molecular complexity index is 3120. The van der Waals surface area contributed by atoms with Crippen LogP contribution in [-0.4, -0.2) is 37.3 Å². The Balaban J connectivity index is 1.07. The molecule has 0 fully saturated rings. The highest BCUT2D eigenvalue weighted by atomic mass is 28.4. The molecule has 0 radical (unpaired) electrons. The minimum absolute atomic E-state index is 0.961. The van der Waals surface area contributed by atoms with Gasteiger partial charge in [0.1, 0.15) is 0 Å². The highest BCUT2D eigenvalue weighted by molar-refractivity contribution is 7.06. The van der Waals surface area contributed by atoms with Crippen LogP contribution in [0.15, 0.2) is 182 Å². The lowest BCUT2D eigenvalue weighted by molar-refractivity contribution is 0.583. The summed E-state index contributed by atoms with van der Waals surface area (Å²) >= 11 is 0. The van der Waals surface area contributed by atoms with E-state index in [1.54, 1.807) is 0 Å². The van der Waals surface area contributed by atoms with E-state index in [9.17, 15) is 4.80 Å². The summed E-state index contributed by atoms with van der Waals surface area (Å²) in [5, 5.41) is 7.32. The molecular weight excluding hydrogens is 957 g/mol. The third kappa shape index (κ3) is 10.6. The van der Waals surface area contributed by atoms with E-state index in [1.165, 1.54) is 99.0 Å². The van der Waals surface area contributed by atoms with E-state index in [0.29, 0.717) is 0 Å². The summed E-state index contributed by atoms with van der Waals surface area (Å²) in [7, 11) is -7.69. The van der Waals surface area contributed by atoms with Gasteiger partial charge in [-0.05, 0) is 157 Å². The highest BCUT2D eigenvalue weighted by Crippen LogP contribution is 2.35. The Kier molecular flexibility index (Phi) is 14.3. The number of benzene rings is 9. The lowest BCUT2D eigenvalue weighted by Gasteiger charge is -2.28. The van der Waals surface area contributed by atoms with Crippen molar-refractivity contribution in [2.24, 2.45) is 0 Å². The Morgan fingerprint density at radius 2 is 0.351 bits per heavy atom. The van der Waals surface area contributed by atoms with Crippen LogP contribution in [0.3, 0.4) is 0 Å². The van der Waals surface area contributed by atoms with Crippen LogP contribution in [0.5, 0.6) is 0 Å². The van der Waals surface area contributed by atoms with Crippen LogP contribution in [0.2, 0.25) is 58.9 Å². The normalized spacial score (nSPS) is 12.3. The molecule has 0 aromatic heterocycles. The molecule has 1 nitrogen and oxygen atoms in total. The molecule has 0 bridgehead atoms. The van der Waals surface area contributed by atoms with Crippen molar-refractivity contribution in [2.75, 3.05) is 0 Å². The Morgan fingerprint density at radius 1 is 0.216 bits per heavy atom. The lowest BCUT2D eigenvalue weighted by atomic mass is 9.92. The lowest BCUT2D eigenvalue weighted by Crippen LogP contribution is -2.67. The predicted octanol–water partition coefficient (Wildman–Crippen LogP) is 15.1. The SMILES string of the molecule is Cc1cc(-c2ccc([Si](O)(c3ccc(-c4cc(C)c(-c5ccc([Si](C)(C)C)cc5)cc4C)cc3)c3ccc(-c4cc(C)c(-c5ccc([Si](C)(C)C)cc5)cc4C)cc3)cc2)c(C)cc1-c1ccc([Si](C)(C)C)cc1. The van der Waals surface area contributed by atoms with E-state index in [4.69, 9.17) is 0 Å². The zero-order valence-electron chi connectivity index (χ0n) is 46.8. The van der Waals surface area contributed by atoms with Crippen LogP contribution in [0.1, 0.15) is 33.4 Å². The van der Waals surface area contributed by atoms with Gasteiger partial charge in [-0.3, -0.25) is 0 Å². The van der Waals surface area contributed by atoms with Gasteiger partial charge in [-0.25, -0.2) is 0 Å². The van der Waals surface area contributed by atoms with Crippen molar-refractivity contribution in [1.82, 2.24) is 0 Å². The van der Waals surface area contributed by atoms with Crippen molar-refractivity contribution in [3.05, 3.63) is 215 Å². The van der Waals surface area contributed by atoms with Crippen molar-refractivity contribution >= 4 is 63.7 Å². The van der Waals surface area contributed by atoms with Crippen molar-refractivity contribution in [3.8, 4) is 66.8 Å². The largest absolute Gasteiger partial charge is 0.421 e. The molecule has 0 aliphatic rings. The number of rotatable bonds is 12. The molecule has 0 heterocycles. The predicted molar refractivity (Wildman–Crippen MR) is 336 cm³/mol. The van der Waals surface area contributed by atoms with Crippen molar-refractivity contribution < 1.29 is 4.80 Å². The third-order valence-corrected chi connectivity index (χ3v) is 25.4. The average molecular weight is 1030 g/mol. The molecule has 0 atom stereocenters. The summed E-state index contributed by atoms with van der Waals surface area (Å²) in [6.45, 7) is 35.0. The second kappa shape index (κ2) is 20.2. The summed E-state index contributed by atoms with van der Waals surface area (Å²) in [4.78, 5) is 13.6. The van der Waals surface area contributed by atoms with Gasteiger partial charge in [0.15, 0.2) is 0 Å². The first-order valence-corrected chi connectivity index (χ1v) is 39.1. The minimum Gasteiger partial charge on any atom is -0.421 e. The maximum Gasteiger partial charge on any atom is 0.285 e. The minimum atomic E-state index is -3.53. The standard InChI is InChI=1S/C69H76OSi4/c1-46-43-67(49(4)40-64(46)52-16-28-58(29-17-52)71(7,8)9)55-22-34-61(35-23-55)74(70,62-36-24-56(25-37-62)68-44-47(2)65(41-50(68)5)53-18-30-59(31-19-53)72(10,11)12)63-38-26-57(27-39-63)69-45-48(3)66(42-51(69)6)54-20-32-60(33-21-54)73(13,14)15/h16-45,70H,1-15H3. The Hall–Kier alpha value is -6.19. The fraction of sp³-hybridized carbons (Fsp3) is 0.217. The summed E-state index contributed by atoms with van der Waals surface area (Å²) in [6, 6.07) is 68.3. The van der Waals surface area contributed by atoms with Gasteiger partial charge in [0.2, 0.25) is 0 Å². The molecule has 0 aliphatic heterocycles. The second-order valence-electron chi connectivity index (χ2n) is 24.4. The molecule has 0 saturated heterocycles. The first kappa shape index (κ1) is 52.7. The second-order valence-corrected chi connectivity index (χ2v) is 42.8. The molecule has 9 aromatic carbocycles. The van der Waals surface area contributed by atoms with Crippen LogP contribution in [-0.2, 0) is 0 Å². The van der Waals surface area contributed by atoms with Crippen molar-refractivity contribution in [2.45, 2.75) is 100 Å². The van der Waals surface area contributed by atoms with Gasteiger partial charge in [0.05, 0.1) is 24.2 Å². The molecule has 74 heavy (non-hydrogen) atoms. The number of hydrogen-bond donors (Lipinski definition) is 1. The Morgan fingerprint density at radius 3 is 0.486 bits per heavy atom. The van der Waals surface area contributed by atoms with E-state index in [-0.39, 0.29) is 0 Å². The van der Waals surface area contributed by atoms with E-state index in [1.807, 2.05) is 0 Å². The highest BCUT2D eigenvalue weighted by Gasteiger charge is 2.38. The molecule has 0 amide bonds. The quantitative estimate of drug-likeness (QED) is 0.0955. The maximum absolute atomic E-state index is 13.6. The van der Waals surface area contributed by atoms with Gasteiger partial charge in [-0.1, -0.05) is 256 Å². The first-order chi connectivity index (χ1) is 34.9. The topological polar surface area (TPSA) is 20.2 Å². The van der Waals surface area contributed by atoms with Gasteiger partial charge >= 0.3 is 0 Å². The van der Waals surface area contributed by atoms with Crippen LogP contribution in [0.4, 0.5) is 0 Å². The zero-order valence-corrected chi connectivity index (χ0v) is 50.8. The Labute approximate surface area is 448 Å². The van der Waals surface area contributed by atoms with Gasteiger partial charge in [-0.2, -0.15) is 0 Å². The smallest absolute Gasteiger partial charge is 0.285 e. The third-order valence-electron chi connectivity index (χ3n) is 15.7. The monoisotopic (exact) mass is 1030 g/mol. The molecule has 1 N–H and O–H groups in total. The summed E-state index contributed by atoms with van der Waals surface area (Å²) < 4.78 is 0. The van der Waals surface area contributed by atoms with Crippen LogP contribution in [0, 0.1) is 41.5 Å². The van der Waals surface area contributed by atoms with E-state index >= 15 is 0 Å². The van der Waals surface area contributed by atoms with Gasteiger partial charge in [-0.15, -0.1) is 0 Å². The molecular formula is C69H76OSi4. The molecule has 9 rings (SSSR count). The van der Waals surface area contributed by atoms with Gasteiger partial charge in [0.25, 0.3) is 8.32 Å². The van der Waals surface area contributed by atoms with E-state index in [2.05, 4.69) is 282 Å².